The molecule has 4 rings (SSSR count). The van der Waals surface area contributed by atoms with Crippen molar-refractivity contribution in [2.45, 2.75) is 13.1 Å². The summed E-state index contributed by atoms with van der Waals surface area (Å²) in [4.78, 5) is 30.0. The van der Waals surface area contributed by atoms with Crippen molar-refractivity contribution in [2.75, 3.05) is 27.9 Å². The highest BCUT2D eigenvalue weighted by atomic mass is 16.5. The van der Waals surface area contributed by atoms with Gasteiger partial charge in [0.2, 0.25) is 5.75 Å². The van der Waals surface area contributed by atoms with Gasteiger partial charge in [0.15, 0.2) is 17.1 Å². The molecule has 0 aliphatic carbocycles. The normalized spacial score (nSPS) is 10.8. The number of rotatable bonds is 9. The first kappa shape index (κ1) is 22.8. The maximum absolute atomic E-state index is 12.9. The number of carbonyl (C=O) groups excluding carboxylic acids is 1. The first-order chi connectivity index (χ1) is 16.5. The highest BCUT2D eigenvalue weighted by Gasteiger charge is 2.17. The van der Waals surface area contributed by atoms with Gasteiger partial charge < -0.3 is 19.5 Å². The molecule has 176 valence electrons. The summed E-state index contributed by atoms with van der Waals surface area (Å²) in [5, 5.41) is 7.55. The Bertz CT molecular complexity index is 1340. The zero-order chi connectivity index (χ0) is 24.1. The van der Waals surface area contributed by atoms with E-state index >= 15 is 0 Å². The van der Waals surface area contributed by atoms with Crippen LogP contribution in [0.3, 0.4) is 0 Å². The number of amides is 1. The minimum Gasteiger partial charge on any atom is -0.493 e. The van der Waals surface area contributed by atoms with E-state index in [4.69, 9.17) is 14.2 Å². The summed E-state index contributed by atoms with van der Waals surface area (Å²) < 4.78 is 19.0. The summed E-state index contributed by atoms with van der Waals surface area (Å²) in [6.45, 7) is 1.05. The minimum atomic E-state index is -0.311. The third kappa shape index (κ3) is 4.56. The lowest BCUT2D eigenvalue weighted by molar-refractivity contribution is 0.0951. The largest absolute Gasteiger partial charge is 0.493 e. The highest BCUT2D eigenvalue weighted by molar-refractivity contribution is 5.95. The summed E-state index contributed by atoms with van der Waals surface area (Å²) in [6, 6.07) is 12.9. The van der Waals surface area contributed by atoms with Gasteiger partial charge in [-0.15, -0.1) is 0 Å². The van der Waals surface area contributed by atoms with Crippen LogP contribution in [-0.2, 0) is 13.1 Å². The molecule has 10 heteroatoms. The van der Waals surface area contributed by atoms with Crippen LogP contribution in [0.4, 0.5) is 0 Å². The van der Waals surface area contributed by atoms with Gasteiger partial charge >= 0.3 is 0 Å². The van der Waals surface area contributed by atoms with Crippen LogP contribution in [0.1, 0.15) is 15.9 Å². The van der Waals surface area contributed by atoms with Gasteiger partial charge in [-0.05, 0) is 17.7 Å². The molecule has 0 fully saturated rings. The summed E-state index contributed by atoms with van der Waals surface area (Å²) >= 11 is 0. The van der Waals surface area contributed by atoms with E-state index in [1.165, 1.54) is 33.9 Å². The number of methoxy groups -OCH3 is 3. The molecule has 0 saturated carbocycles. The lowest BCUT2D eigenvalue weighted by Gasteiger charge is -2.14. The molecule has 1 amide bonds. The Hall–Kier alpha value is -4.34. The molecular weight excluding hydrogens is 438 g/mol. The van der Waals surface area contributed by atoms with Gasteiger partial charge in [-0.2, -0.15) is 5.10 Å². The van der Waals surface area contributed by atoms with Crippen molar-refractivity contribution in [3.8, 4) is 17.2 Å². The van der Waals surface area contributed by atoms with Crippen LogP contribution in [0.25, 0.3) is 11.0 Å². The van der Waals surface area contributed by atoms with Crippen molar-refractivity contribution in [3.63, 3.8) is 0 Å². The molecule has 0 radical (unpaired) electrons. The number of carbonyl (C=O) groups is 1. The van der Waals surface area contributed by atoms with Crippen molar-refractivity contribution >= 4 is 16.9 Å². The average Bonchev–Trinajstić information content (AvgIpc) is 3.29. The van der Waals surface area contributed by atoms with E-state index in [0.717, 1.165) is 5.56 Å². The van der Waals surface area contributed by atoms with Gasteiger partial charge in [-0.1, -0.05) is 30.3 Å². The Morgan fingerprint density at radius 2 is 1.74 bits per heavy atom. The van der Waals surface area contributed by atoms with Crippen molar-refractivity contribution in [3.05, 3.63) is 76.5 Å². The number of nitrogens with one attached hydrogen (secondary N) is 1. The SMILES string of the molecule is COc1cc(C(=O)NCCn2ncc3c(=O)n(Cc4ccccc4)cnc32)cc(OC)c1OC. The maximum atomic E-state index is 12.9. The molecule has 4 aromatic rings. The maximum Gasteiger partial charge on any atom is 0.264 e. The molecule has 0 unspecified atom stereocenters. The number of aromatic nitrogens is 4. The molecule has 0 spiro atoms. The minimum absolute atomic E-state index is 0.165. The number of nitrogens with zero attached hydrogens (tertiary/aromatic N) is 4. The molecule has 0 atom stereocenters. The summed E-state index contributed by atoms with van der Waals surface area (Å²) in [7, 11) is 4.48. The van der Waals surface area contributed by atoms with Crippen LogP contribution >= 0.6 is 0 Å². The van der Waals surface area contributed by atoms with Gasteiger partial charge in [-0.25, -0.2) is 9.67 Å². The smallest absolute Gasteiger partial charge is 0.264 e. The Labute approximate surface area is 195 Å². The monoisotopic (exact) mass is 463 g/mol. The average molecular weight is 463 g/mol. The Morgan fingerprint density at radius 1 is 1.03 bits per heavy atom. The molecular formula is C24H25N5O5. The predicted octanol–water partition coefficient (Wildman–Crippen LogP) is 2.10. The molecule has 2 aromatic heterocycles. The molecule has 0 saturated heterocycles. The van der Waals surface area contributed by atoms with Crippen LogP contribution in [0.2, 0.25) is 0 Å². The number of ether oxygens (including phenoxy) is 3. The molecule has 2 heterocycles. The quantitative estimate of drug-likeness (QED) is 0.405. The first-order valence-electron chi connectivity index (χ1n) is 10.6. The second kappa shape index (κ2) is 10.1. The van der Waals surface area contributed by atoms with E-state index in [2.05, 4.69) is 15.4 Å². The van der Waals surface area contributed by atoms with Crippen LogP contribution in [-0.4, -0.2) is 53.1 Å². The van der Waals surface area contributed by atoms with E-state index in [0.29, 0.717) is 46.9 Å². The second-order valence-electron chi connectivity index (χ2n) is 7.44. The third-order valence-electron chi connectivity index (χ3n) is 5.35. The van der Waals surface area contributed by atoms with Gasteiger partial charge in [0.1, 0.15) is 11.7 Å². The molecule has 10 nitrogen and oxygen atoms in total. The second-order valence-corrected chi connectivity index (χ2v) is 7.44. The highest BCUT2D eigenvalue weighted by Crippen LogP contribution is 2.38. The first-order valence-corrected chi connectivity index (χ1v) is 10.6. The fraction of sp³-hybridized carbons (Fsp3) is 0.250. The van der Waals surface area contributed by atoms with E-state index in [1.807, 2.05) is 30.3 Å². The summed E-state index contributed by atoms with van der Waals surface area (Å²) in [5.74, 6) is 0.879. The van der Waals surface area contributed by atoms with Crippen molar-refractivity contribution in [2.24, 2.45) is 0 Å². The standard InChI is InChI=1S/C24H25N5O5/c1-32-19-11-17(12-20(33-2)21(19)34-3)23(30)25-9-10-29-22-18(13-27-29)24(31)28(15-26-22)14-16-7-5-4-6-8-16/h4-8,11-13,15H,9-10,14H2,1-3H3,(H,25,30). The Kier molecular flexibility index (Phi) is 6.77. The number of hydrogen-bond donors (Lipinski definition) is 1. The predicted molar refractivity (Wildman–Crippen MR) is 126 cm³/mol. The number of fused-ring (bicyclic) bond motifs is 1. The van der Waals surface area contributed by atoms with Crippen molar-refractivity contribution in [1.82, 2.24) is 24.6 Å². The van der Waals surface area contributed by atoms with Crippen molar-refractivity contribution in [1.29, 1.82) is 0 Å². The van der Waals surface area contributed by atoms with E-state index in [-0.39, 0.29) is 18.0 Å². The van der Waals surface area contributed by atoms with Gasteiger partial charge in [0, 0.05) is 12.1 Å². The fourth-order valence-electron chi connectivity index (χ4n) is 3.64. The molecule has 34 heavy (non-hydrogen) atoms. The lowest BCUT2D eigenvalue weighted by atomic mass is 10.1. The molecule has 0 aliphatic rings. The van der Waals surface area contributed by atoms with E-state index < -0.39 is 0 Å². The fourth-order valence-corrected chi connectivity index (χ4v) is 3.64. The third-order valence-corrected chi connectivity index (χ3v) is 5.35. The zero-order valence-corrected chi connectivity index (χ0v) is 19.1. The zero-order valence-electron chi connectivity index (χ0n) is 19.1. The molecule has 0 bridgehead atoms. The van der Waals surface area contributed by atoms with Crippen LogP contribution < -0.4 is 25.1 Å². The van der Waals surface area contributed by atoms with Crippen molar-refractivity contribution < 1.29 is 19.0 Å². The van der Waals surface area contributed by atoms with Crippen LogP contribution in [0, 0.1) is 0 Å². The van der Waals surface area contributed by atoms with Crippen LogP contribution in [0.15, 0.2) is 59.8 Å². The van der Waals surface area contributed by atoms with Gasteiger partial charge in [0.05, 0.1) is 40.6 Å². The Balaban J connectivity index is 1.45. The van der Waals surface area contributed by atoms with E-state index in [1.54, 1.807) is 21.4 Å². The Morgan fingerprint density at radius 3 is 2.38 bits per heavy atom. The topological polar surface area (TPSA) is 110 Å². The van der Waals surface area contributed by atoms with Gasteiger partial charge in [-0.3, -0.25) is 14.2 Å². The molecule has 2 aromatic carbocycles. The summed E-state index contributed by atoms with van der Waals surface area (Å²) in [6.07, 6.45) is 3.03. The number of benzene rings is 2. The van der Waals surface area contributed by atoms with Gasteiger partial charge in [0.25, 0.3) is 11.5 Å². The molecule has 1 N–H and O–H groups in total. The molecule has 0 aliphatic heterocycles. The lowest BCUT2D eigenvalue weighted by Crippen LogP contribution is -2.28. The number of hydrogen-bond acceptors (Lipinski definition) is 7. The van der Waals surface area contributed by atoms with E-state index in [9.17, 15) is 9.59 Å². The van der Waals surface area contributed by atoms with Crippen LogP contribution in [0.5, 0.6) is 17.2 Å². The summed E-state index contributed by atoms with van der Waals surface area (Å²) in [5.41, 5.74) is 1.67.